The highest BCUT2D eigenvalue weighted by atomic mass is 32.2. The molecule has 1 aliphatic rings. The molecule has 0 atom stereocenters. The van der Waals surface area contributed by atoms with E-state index in [1.54, 1.807) is 16.8 Å². The molecule has 6 rings (SSSR count). The largest absolute Gasteiger partial charge is 0.460 e. The molecule has 0 unspecified atom stereocenters. The monoisotopic (exact) mass is 598 g/mol. The highest BCUT2D eigenvalue weighted by Crippen LogP contribution is 2.31. The number of ether oxygens (including phenoxy) is 1. The van der Waals surface area contributed by atoms with Crippen molar-refractivity contribution in [2.45, 2.75) is 13.5 Å². The number of nitrogens with two attached hydrogens (primary N) is 1. The van der Waals surface area contributed by atoms with Crippen LogP contribution in [0.3, 0.4) is 0 Å². The summed E-state index contributed by atoms with van der Waals surface area (Å²) >= 11 is 0. The van der Waals surface area contributed by atoms with Gasteiger partial charge in [0.05, 0.1) is 23.6 Å². The molecule has 1 aliphatic heterocycles. The van der Waals surface area contributed by atoms with Crippen molar-refractivity contribution in [2.75, 3.05) is 29.9 Å². The number of nitrogens with one attached hydrogen (secondary N) is 1. The second-order valence-electron chi connectivity index (χ2n) is 10.2. The van der Waals surface area contributed by atoms with Crippen molar-refractivity contribution in [1.29, 1.82) is 0 Å². The third-order valence-corrected chi connectivity index (χ3v) is 8.74. The standard InChI is InChI=1S/C30H30N8O4S/c1-3-38-19-34-36-29(38)16-28(31)42-26-8-5-22(14-20(26)2)35-30-24-15-21(4-7-25(24)32-18-33-30)27-9-6-23(41-27)17-37-10-12-43(39,40)13-11-37/h3-9,14-16,18-19H,1,10-13,17,31H2,2H3,(H,32,33,35)/b28-16+. The molecular weight excluding hydrogens is 568 g/mol. The van der Waals surface area contributed by atoms with E-state index in [0.29, 0.717) is 42.8 Å². The van der Waals surface area contributed by atoms with E-state index < -0.39 is 9.84 Å². The molecular formula is C30H30N8O4S. The smallest absolute Gasteiger partial charge is 0.194 e. The molecule has 2 aromatic carbocycles. The number of rotatable bonds is 9. The first-order chi connectivity index (χ1) is 20.8. The third-order valence-electron chi connectivity index (χ3n) is 7.13. The van der Waals surface area contributed by atoms with Gasteiger partial charge in [0.2, 0.25) is 0 Å². The summed E-state index contributed by atoms with van der Waals surface area (Å²) in [6.07, 6.45) is 6.20. The predicted molar refractivity (Wildman–Crippen MR) is 165 cm³/mol. The maximum atomic E-state index is 11.7. The Kier molecular flexibility index (Phi) is 7.65. The zero-order valence-electron chi connectivity index (χ0n) is 23.5. The number of nitrogens with zero attached hydrogens (tertiary/aromatic N) is 6. The molecule has 220 valence electrons. The van der Waals surface area contributed by atoms with Crippen LogP contribution in [-0.2, 0) is 16.4 Å². The van der Waals surface area contributed by atoms with Crippen LogP contribution in [-0.4, -0.2) is 62.6 Å². The van der Waals surface area contributed by atoms with Crippen LogP contribution < -0.4 is 15.8 Å². The number of sulfone groups is 1. The van der Waals surface area contributed by atoms with Crippen molar-refractivity contribution in [3.05, 3.63) is 90.8 Å². The number of fused-ring (bicyclic) bond motifs is 1. The molecule has 4 heterocycles. The van der Waals surface area contributed by atoms with Crippen molar-refractivity contribution < 1.29 is 17.6 Å². The van der Waals surface area contributed by atoms with Gasteiger partial charge in [-0.2, -0.15) is 0 Å². The van der Waals surface area contributed by atoms with Crippen molar-refractivity contribution in [3.63, 3.8) is 0 Å². The van der Waals surface area contributed by atoms with E-state index >= 15 is 0 Å². The Bertz CT molecular complexity index is 1930. The first-order valence-electron chi connectivity index (χ1n) is 13.6. The summed E-state index contributed by atoms with van der Waals surface area (Å²) in [6, 6.07) is 15.4. The summed E-state index contributed by atoms with van der Waals surface area (Å²) in [5, 5.41) is 12.0. The van der Waals surface area contributed by atoms with E-state index in [9.17, 15) is 8.42 Å². The molecule has 0 bridgehead atoms. The van der Waals surface area contributed by atoms with Gasteiger partial charge in [-0.25, -0.2) is 18.4 Å². The molecule has 12 nitrogen and oxygen atoms in total. The number of aryl methyl sites for hydroxylation is 1. The maximum absolute atomic E-state index is 11.7. The van der Waals surface area contributed by atoms with Gasteiger partial charge in [-0.05, 0) is 61.0 Å². The number of anilines is 2. The molecule has 5 aromatic rings. The van der Waals surface area contributed by atoms with Crippen molar-refractivity contribution in [1.82, 2.24) is 29.6 Å². The minimum atomic E-state index is -2.93. The van der Waals surface area contributed by atoms with E-state index in [-0.39, 0.29) is 17.4 Å². The van der Waals surface area contributed by atoms with Gasteiger partial charge >= 0.3 is 0 Å². The summed E-state index contributed by atoms with van der Waals surface area (Å²) in [7, 11) is -2.93. The Labute approximate surface area is 248 Å². The molecule has 3 N–H and O–H groups in total. The van der Waals surface area contributed by atoms with Gasteiger partial charge in [-0.15, -0.1) is 10.2 Å². The minimum Gasteiger partial charge on any atom is -0.460 e. The lowest BCUT2D eigenvalue weighted by molar-refractivity contribution is 0.263. The van der Waals surface area contributed by atoms with E-state index in [0.717, 1.165) is 33.5 Å². The average molecular weight is 599 g/mol. The number of aromatic nitrogens is 5. The number of hydrogen-bond donors (Lipinski definition) is 2. The van der Waals surface area contributed by atoms with Crippen LogP contribution in [0.25, 0.3) is 34.5 Å². The number of hydrogen-bond acceptors (Lipinski definition) is 11. The molecule has 0 amide bonds. The van der Waals surface area contributed by atoms with Crippen LogP contribution in [0.2, 0.25) is 0 Å². The van der Waals surface area contributed by atoms with Crippen LogP contribution in [0, 0.1) is 6.92 Å². The van der Waals surface area contributed by atoms with E-state index in [1.165, 1.54) is 12.7 Å². The summed E-state index contributed by atoms with van der Waals surface area (Å²) in [5.74, 6) is 3.77. The second kappa shape index (κ2) is 11.7. The maximum Gasteiger partial charge on any atom is 0.194 e. The molecule has 0 radical (unpaired) electrons. The zero-order chi connectivity index (χ0) is 30.0. The fourth-order valence-electron chi connectivity index (χ4n) is 4.81. The normalized spacial score (nSPS) is 15.4. The Balaban J connectivity index is 1.18. The first kappa shape index (κ1) is 28.1. The summed E-state index contributed by atoms with van der Waals surface area (Å²) in [6.45, 7) is 7.22. The molecule has 0 spiro atoms. The van der Waals surface area contributed by atoms with Crippen molar-refractivity contribution in [3.8, 4) is 17.1 Å². The molecule has 3 aromatic heterocycles. The van der Waals surface area contributed by atoms with Crippen LogP contribution in [0.4, 0.5) is 11.5 Å². The fourth-order valence-corrected chi connectivity index (χ4v) is 6.09. The SMILES string of the molecule is C=Cn1cnnc1/C=C(\N)Oc1ccc(Nc2ncnc3ccc(-c4ccc(CN5CCS(=O)(=O)CC5)o4)cc23)cc1C. The lowest BCUT2D eigenvalue weighted by atomic mass is 10.1. The van der Waals surface area contributed by atoms with E-state index in [2.05, 4.69) is 37.0 Å². The van der Waals surface area contributed by atoms with Crippen LogP contribution in [0.5, 0.6) is 5.75 Å². The van der Waals surface area contributed by atoms with E-state index in [4.69, 9.17) is 14.9 Å². The molecule has 1 saturated heterocycles. The topological polar surface area (TPSA) is 154 Å². The molecule has 1 fully saturated rings. The van der Waals surface area contributed by atoms with Gasteiger partial charge in [0.15, 0.2) is 21.5 Å². The summed E-state index contributed by atoms with van der Waals surface area (Å²) < 4.78 is 37.1. The lowest BCUT2D eigenvalue weighted by Crippen LogP contribution is -2.39. The predicted octanol–water partition coefficient (Wildman–Crippen LogP) is 4.20. The highest BCUT2D eigenvalue weighted by molar-refractivity contribution is 7.91. The Morgan fingerprint density at radius 3 is 2.77 bits per heavy atom. The third kappa shape index (κ3) is 6.42. The lowest BCUT2D eigenvalue weighted by Gasteiger charge is -2.25. The highest BCUT2D eigenvalue weighted by Gasteiger charge is 2.22. The zero-order valence-corrected chi connectivity index (χ0v) is 24.3. The Morgan fingerprint density at radius 1 is 1.14 bits per heavy atom. The van der Waals surface area contributed by atoms with Crippen molar-refractivity contribution in [2.24, 2.45) is 5.73 Å². The minimum absolute atomic E-state index is 0.166. The average Bonchev–Trinajstić information content (AvgIpc) is 3.65. The van der Waals surface area contributed by atoms with Crippen LogP contribution >= 0.6 is 0 Å². The Hall–Kier alpha value is -5.01. The Morgan fingerprint density at radius 2 is 1.98 bits per heavy atom. The molecule has 13 heteroatoms. The van der Waals surface area contributed by atoms with Gasteiger partial charge in [0, 0.05) is 42.0 Å². The van der Waals surface area contributed by atoms with Gasteiger partial charge in [-0.1, -0.05) is 6.58 Å². The van der Waals surface area contributed by atoms with Crippen LogP contribution in [0.15, 0.2) is 78.1 Å². The molecule has 0 aliphatic carbocycles. The first-order valence-corrected chi connectivity index (χ1v) is 15.4. The van der Waals surface area contributed by atoms with Gasteiger partial charge in [0.1, 0.15) is 35.7 Å². The van der Waals surface area contributed by atoms with Crippen LogP contribution in [0.1, 0.15) is 17.1 Å². The van der Waals surface area contributed by atoms with Gasteiger partial charge < -0.3 is 20.2 Å². The van der Waals surface area contributed by atoms with Gasteiger partial charge in [0.25, 0.3) is 0 Å². The van der Waals surface area contributed by atoms with Gasteiger partial charge in [-0.3, -0.25) is 9.47 Å². The molecule has 43 heavy (non-hydrogen) atoms. The summed E-state index contributed by atoms with van der Waals surface area (Å²) in [5.41, 5.74) is 9.43. The number of benzene rings is 2. The summed E-state index contributed by atoms with van der Waals surface area (Å²) in [4.78, 5) is 11.0. The second-order valence-corrected chi connectivity index (χ2v) is 12.5. The quantitative estimate of drug-likeness (QED) is 0.235. The van der Waals surface area contributed by atoms with E-state index in [1.807, 2.05) is 55.5 Å². The number of furan rings is 1. The fraction of sp³-hybridized carbons (Fsp3) is 0.200. The van der Waals surface area contributed by atoms with Crippen molar-refractivity contribution >= 4 is 44.5 Å². The molecule has 0 saturated carbocycles.